The lowest BCUT2D eigenvalue weighted by molar-refractivity contribution is -0.161. The fourth-order valence-electron chi connectivity index (χ4n) is 8.51. The van der Waals surface area contributed by atoms with Crippen molar-refractivity contribution in [2.24, 2.45) is 5.73 Å². The van der Waals surface area contributed by atoms with Gasteiger partial charge in [-0.2, -0.15) is 0 Å². The van der Waals surface area contributed by atoms with Crippen LogP contribution < -0.4 is 5.73 Å². The van der Waals surface area contributed by atoms with Crippen molar-refractivity contribution in [3.63, 3.8) is 0 Å². The van der Waals surface area contributed by atoms with Gasteiger partial charge in [-0.1, -0.05) is 244 Å². The van der Waals surface area contributed by atoms with Crippen LogP contribution in [0.4, 0.5) is 0 Å². The van der Waals surface area contributed by atoms with Crippen LogP contribution in [-0.4, -0.2) is 49.3 Å². The highest BCUT2D eigenvalue weighted by atomic mass is 31.2. The maximum atomic E-state index is 12.7. The molecule has 0 fully saturated rings. The number of esters is 2. The van der Waals surface area contributed by atoms with Crippen molar-refractivity contribution in [2.75, 3.05) is 26.4 Å². The van der Waals surface area contributed by atoms with E-state index in [1.165, 1.54) is 212 Å². The third-order valence-corrected chi connectivity index (χ3v) is 13.8. The van der Waals surface area contributed by atoms with Crippen LogP contribution in [0.3, 0.4) is 0 Å². The molecule has 0 radical (unpaired) electrons. The molecule has 3 N–H and O–H groups in total. The minimum atomic E-state index is -4.38. The quantitative estimate of drug-likeness (QED) is 0.0264. The van der Waals surface area contributed by atoms with Crippen molar-refractivity contribution in [3.8, 4) is 0 Å². The first-order chi connectivity index (χ1) is 32.8. The van der Waals surface area contributed by atoms with Crippen molar-refractivity contribution >= 4 is 19.8 Å². The summed E-state index contributed by atoms with van der Waals surface area (Å²) in [6, 6.07) is 0. The lowest BCUT2D eigenvalue weighted by Crippen LogP contribution is -2.29. The van der Waals surface area contributed by atoms with Crippen molar-refractivity contribution in [3.05, 3.63) is 24.3 Å². The van der Waals surface area contributed by atoms with Crippen LogP contribution in [0.15, 0.2) is 24.3 Å². The van der Waals surface area contributed by atoms with E-state index in [-0.39, 0.29) is 38.6 Å². The van der Waals surface area contributed by atoms with E-state index in [1.807, 2.05) is 0 Å². The van der Waals surface area contributed by atoms with Gasteiger partial charge in [0.25, 0.3) is 0 Å². The van der Waals surface area contributed by atoms with E-state index >= 15 is 0 Å². The van der Waals surface area contributed by atoms with Gasteiger partial charge < -0.3 is 20.1 Å². The molecule has 0 aromatic rings. The lowest BCUT2D eigenvalue weighted by Gasteiger charge is -2.19. The summed E-state index contributed by atoms with van der Waals surface area (Å²) in [7, 11) is -4.38. The van der Waals surface area contributed by atoms with E-state index in [2.05, 4.69) is 38.2 Å². The summed E-state index contributed by atoms with van der Waals surface area (Å²) in [6.07, 6.45) is 62.6. The number of hydrogen-bond acceptors (Lipinski definition) is 8. The van der Waals surface area contributed by atoms with E-state index in [4.69, 9.17) is 24.3 Å². The second-order valence-corrected chi connectivity index (χ2v) is 21.0. The van der Waals surface area contributed by atoms with Gasteiger partial charge in [-0.3, -0.25) is 18.6 Å². The SMILES string of the molecule is CCCCCC/C=C\CCCCCCCC(=O)OCC(COP(=O)(O)OCCN)OC(=O)CCCCCCCCCCCCCCCCCCCCCCC/C=C\CCCCCCCCCC. The van der Waals surface area contributed by atoms with E-state index in [0.717, 1.165) is 51.4 Å². The van der Waals surface area contributed by atoms with Crippen molar-refractivity contribution < 1.29 is 37.6 Å². The molecule has 0 spiro atoms. The smallest absolute Gasteiger partial charge is 0.462 e. The molecule has 10 heteroatoms. The van der Waals surface area contributed by atoms with Gasteiger partial charge in [-0.25, -0.2) is 4.57 Å². The molecule has 0 aliphatic heterocycles. The van der Waals surface area contributed by atoms with Crippen molar-refractivity contribution in [2.45, 2.75) is 302 Å². The van der Waals surface area contributed by atoms with Gasteiger partial charge in [-0.05, 0) is 64.2 Å². The predicted octanol–water partition coefficient (Wildman–Crippen LogP) is 17.9. The summed E-state index contributed by atoms with van der Waals surface area (Å²) in [5, 5.41) is 0. The minimum Gasteiger partial charge on any atom is -0.462 e. The van der Waals surface area contributed by atoms with Crippen LogP contribution in [0.1, 0.15) is 296 Å². The molecular formula is C57H110NO8P. The Morgan fingerprint density at radius 1 is 0.433 bits per heavy atom. The number of ether oxygens (including phenoxy) is 2. The molecule has 0 bridgehead atoms. The molecule has 0 amide bonds. The van der Waals surface area contributed by atoms with E-state index in [1.54, 1.807) is 0 Å². The normalized spacial score (nSPS) is 13.2. The van der Waals surface area contributed by atoms with Crippen molar-refractivity contribution in [1.82, 2.24) is 0 Å². The molecule has 0 heterocycles. The Labute approximate surface area is 414 Å². The number of allylic oxidation sites excluding steroid dienone is 4. The van der Waals surface area contributed by atoms with Crippen LogP contribution in [0.25, 0.3) is 0 Å². The van der Waals surface area contributed by atoms with Crippen LogP contribution >= 0.6 is 7.82 Å². The molecule has 2 unspecified atom stereocenters. The van der Waals surface area contributed by atoms with Gasteiger partial charge in [0, 0.05) is 19.4 Å². The molecule has 0 aromatic heterocycles. The Morgan fingerprint density at radius 2 is 0.731 bits per heavy atom. The average molecular weight is 968 g/mol. The van der Waals surface area contributed by atoms with Gasteiger partial charge >= 0.3 is 19.8 Å². The van der Waals surface area contributed by atoms with Gasteiger partial charge in [0.2, 0.25) is 0 Å². The fraction of sp³-hybridized carbons (Fsp3) is 0.895. The largest absolute Gasteiger partial charge is 0.472 e. The number of carbonyl (C=O) groups is 2. The van der Waals surface area contributed by atoms with Gasteiger partial charge in [0.15, 0.2) is 6.10 Å². The highest BCUT2D eigenvalue weighted by molar-refractivity contribution is 7.47. The van der Waals surface area contributed by atoms with Gasteiger partial charge in [0.05, 0.1) is 13.2 Å². The molecule has 0 aromatic carbocycles. The number of unbranched alkanes of at least 4 members (excludes halogenated alkanes) is 38. The molecular weight excluding hydrogens is 858 g/mol. The number of hydrogen-bond donors (Lipinski definition) is 2. The number of phosphoric acid groups is 1. The Balaban J connectivity index is 3.81. The first-order valence-electron chi connectivity index (χ1n) is 28.8. The first-order valence-corrected chi connectivity index (χ1v) is 30.3. The number of nitrogens with two attached hydrogens (primary N) is 1. The summed E-state index contributed by atoms with van der Waals surface area (Å²) < 4.78 is 32.9. The zero-order valence-corrected chi connectivity index (χ0v) is 45.1. The van der Waals surface area contributed by atoms with Crippen LogP contribution in [0, 0.1) is 0 Å². The molecule has 0 aliphatic rings. The molecule has 396 valence electrons. The van der Waals surface area contributed by atoms with Crippen LogP contribution in [0.5, 0.6) is 0 Å². The molecule has 0 rings (SSSR count). The zero-order chi connectivity index (χ0) is 48.8. The topological polar surface area (TPSA) is 134 Å². The summed E-state index contributed by atoms with van der Waals surface area (Å²) in [4.78, 5) is 35.0. The standard InChI is InChI=1S/C57H110NO8P/c1-3-5-7-9-11-13-15-17-18-19-20-21-22-23-24-25-26-27-28-29-30-31-32-33-34-35-36-38-40-42-44-46-48-50-57(60)66-55(54-65-67(61,62)64-52-51-58)53-63-56(59)49-47-45-43-41-39-37-16-14-12-10-8-6-4-2/h14,16,19-20,55H,3-13,15,17-18,21-54,58H2,1-2H3,(H,61,62)/b16-14-,20-19-. The maximum absolute atomic E-state index is 12.7. The number of rotatable bonds is 55. The molecule has 0 saturated carbocycles. The first kappa shape index (κ1) is 65.5. The number of carbonyl (C=O) groups excluding carboxylic acids is 2. The van der Waals surface area contributed by atoms with Crippen LogP contribution in [0.2, 0.25) is 0 Å². The highest BCUT2D eigenvalue weighted by Gasteiger charge is 2.26. The second kappa shape index (κ2) is 53.8. The summed E-state index contributed by atoms with van der Waals surface area (Å²) >= 11 is 0. The van der Waals surface area contributed by atoms with E-state index < -0.39 is 26.5 Å². The van der Waals surface area contributed by atoms with Gasteiger partial charge in [-0.15, -0.1) is 0 Å². The Morgan fingerprint density at radius 3 is 1.07 bits per heavy atom. The monoisotopic (exact) mass is 968 g/mol. The molecule has 0 saturated heterocycles. The Bertz CT molecular complexity index is 1150. The van der Waals surface area contributed by atoms with E-state index in [0.29, 0.717) is 6.42 Å². The molecule has 67 heavy (non-hydrogen) atoms. The molecule has 9 nitrogen and oxygen atoms in total. The fourth-order valence-corrected chi connectivity index (χ4v) is 9.28. The van der Waals surface area contributed by atoms with E-state index in [9.17, 15) is 19.0 Å². The highest BCUT2D eigenvalue weighted by Crippen LogP contribution is 2.43. The summed E-state index contributed by atoms with van der Waals surface area (Å²) in [5.74, 6) is -0.824. The Kier molecular flexibility index (Phi) is 52.6. The van der Waals surface area contributed by atoms with Crippen molar-refractivity contribution in [1.29, 1.82) is 0 Å². The average Bonchev–Trinajstić information content (AvgIpc) is 3.32. The zero-order valence-electron chi connectivity index (χ0n) is 44.2. The summed E-state index contributed by atoms with van der Waals surface area (Å²) in [6.45, 7) is 3.75. The van der Waals surface area contributed by atoms with Gasteiger partial charge in [0.1, 0.15) is 6.61 Å². The maximum Gasteiger partial charge on any atom is 0.472 e. The second-order valence-electron chi connectivity index (χ2n) is 19.5. The predicted molar refractivity (Wildman–Crippen MR) is 284 cm³/mol. The molecule has 2 atom stereocenters. The minimum absolute atomic E-state index is 0.0546. The third-order valence-electron chi connectivity index (χ3n) is 12.8. The summed E-state index contributed by atoms with van der Waals surface area (Å²) in [5.41, 5.74) is 5.37. The Hall–Kier alpha value is -1.51. The third kappa shape index (κ3) is 53.7. The lowest BCUT2D eigenvalue weighted by atomic mass is 10.0. The molecule has 0 aliphatic carbocycles. The van der Waals surface area contributed by atoms with Crippen LogP contribution in [-0.2, 0) is 32.7 Å². The number of phosphoric ester groups is 1.